The number of aromatic nitrogens is 1. The Bertz CT molecular complexity index is 1690. The molecule has 1 heterocycles. The molecule has 1 unspecified atom stereocenters. The smallest absolute Gasteiger partial charge is 0.273 e. The lowest BCUT2D eigenvalue weighted by molar-refractivity contribution is -0.148. The number of allylic oxidation sites excluding steroid dienone is 2. The molecule has 1 fully saturated rings. The first-order valence-corrected chi connectivity index (χ1v) is 14.7. The average molecular weight is 626 g/mol. The van der Waals surface area contributed by atoms with Gasteiger partial charge in [-0.2, -0.15) is 0 Å². The van der Waals surface area contributed by atoms with E-state index in [1.807, 2.05) is 13.8 Å². The zero-order valence-electron chi connectivity index (χ0n) is 25.3. The maximum Gasteiger partial charge on any atom is 0.273 e. The first-order valence-electron chi connectivity index (χ1n) is 14.3. The van der Waals surface area contributed by atoms with Crippen LogP contribution in [0.4, 0.5) is 18.9 Å². The number of aliphatic imine (C=N–C) groups is 1. The monoisotopic (exact) mass is 625 g/mol. The van der Waals surface area contributed by atoms with Crippen LogP contribution < -0.4 is 10.9 Å². The highest BCUT2D eigenvalue weighted by Gasteiger charge is 2.44. The van der Waals surface area contributed by atoms with Crippen LogP contribution in [0.2, 0.25) is 5.02 Å². The summed E-state index contributed by atoms with van der Waals surface area (Å²) < 4.78 is 51.6. The number of rotatable bonds is 10. The molecule has 0 saturated heterocycles. The number of halogens is 4. The topological polar surface area (TPSA) is 72.7 Å². The Morgan fingerprint density at radius 3 is 2.41 bits per heavy atom. The van der Waals surface area contributed by atoms with Gasteiger partial charge in [-0.1, -0.05) is 49.7 Å². The lowest BCUT2D eigenvalue weighted by atomic mass is 9.79. The fraction of sp³-hybridized carbons (Fsp3) is 0.324. The maximum absolute atomic E-state index is 16.0. The van der Waals surface area contributed by atoms with Gasteiger partial charge >= 0.3 is 0 Å². The molecule has 1 aliphatic carbocycles. The minimum Gasteiger partial charge on any atom is -0.368 e. The summed E-state index contributed by atoms with van der Waals surface area (Å²) in [6.45, 7) is 7.15. The molecule has 1 amide bonds. The summed E-state index contributed by atoms with van der Waals surface area (Å²) in [5, 5.41) is 2.47. The van der Waals surface area contributed by atoms with Crippen molar-refractivity contribution in [3.63, 3.8) is 0 Å². The van der Waals surface area contributed by atoms with Gasteiger partial charge in [0.2, 0.25) is 0 Å². The van der Waals surface area contributed by atoms with E-state index < -0.39 is 28.7 Å². The summed E-state index contributed by atoms with van der Waals surface area (Å²) in [6, 6.07) is 12.0. The highest BCUT2D eigenvalue weighted by molar-refractivity contribution is 6.31. The Labute approximate surface area is 259 Å². The van der Waals surface area contributed by atoms with Crippen molar-refractivity contribution in [2.45, 2.75) is 64.4 Å². The first-order chi connectivity index (χ1) is 20.9. The number of ether oxygens (including phenoxy) is 1. The summed E-state index contributed by atoms with van der Waals surface area (Å²) in [5.74, 6) is -3.04. The molecule has 10 heteroatoms. The number of methoxy groups -OCH3 is 1. The number of aryl methyl sites for hydroxylation is 1. The van der Waals surface area contributed by atoms with Crippen LogP contribution >= 0.6 is 11.6 Å². The van der Waals surface area contributed by atoms with Crippen molar-refractivity contribution in [1.29, 1.82) is 0 Å². The number of carbonyl (C=O) groups excluding carboxylic acids is 1. The van der Waals surface area contributed by atoms with Gasteiger partial charge in [-0.05, 0) is 86.4 Å². The Kier molecular flexibility index (Phi) is 10.3. The lowest BCUT2D eigenvalue weighted by Gasteiger charge is -2.38. The van der Waals surface area contributed by atoms with Gasteiger partial charge in [-0.3, -0.25) is 19.1 Å². The van der Waals surface area contributed by atoms with Crippen LogP contribution in [-0.4, -0.2) is 28.9 Å². The zero-order valence-corrected chi connectivity index (χ0v) is 26.0. The van der Waals surface area contributed by atoms with E-state index in [0.717, 1.165) is 22.8 Å². The molecule has 232 valence electrons. The molecule has 1 N–H and O–H groups in total. The highest BCUT2D eigenvalue weighted by atomic mass is 35.5. The van der Waals surface area contributed by atoms with Crippen molar-refractivity contribution in [3.8, 4) is 0 Å². The minimum absolute atomic E-state index is 0.0907. The Hall–Kier alpha value is -3.95. The molecule has 44 heavy (non-hydrogen) atoms. The predicted octanol–water partition coefficient (Wildman–Crippen LogP) is 8.29. The molecule has 2 atom stereocenters. The second kappa shape index (κ2) is 13.8. The average Bonchev–Trinajstić information content (AvgIpc) is 2.98. The van der Waals surface area contributed by atoms with Crippen LogP contribution in [-0.2, 0) is 9.53 Å². The summed E-state index contributed by atoms with van der Waals surface area (Å²) >= 11 is 6.55. The first kappa shape index (κ1) is 33.0. The Morgan fingerprint density at radius 2 is 1.82 bits per heavy atom. The van der Waals surface area contributed by atoms with Gasteiger partial charge in [-0.25, -0.2) is 13.2 Å². The molecule has 0 aliphatic heterocycles. The quantitative estimate of drug-likeness (QED) is 0.230. The number of nitrogens with one attached hydrogen (secondary N) is 1. The van der Waals surface area contributed by atoms with Crippen molar-refractivity contribution in [3.05, 3.63) is 116 Å². The molecular formula is C34H35ClF3N3O3. The number of benzene rings is 2. The normalized spacial score (nSPS) is 16.5. The SMILES string of the molecule is C/C=C/N=C(/C(F)=C/n1c(C)cc(C(C)[C@H](C)c2ccc(F)cc2)c(Cl)c1=O)c1cccc(NC(=O)C2(OC)CCC2)c1F. The van der Waals surface area contributed by atoms with E-state index in [0.29, 0.717) is 24.1 Å². The third-order valence-corrected chi connectivity index (χ3v) is 8.71. The molecule has 6 nitrogen and oxygen atoms in total. The number of pyridine rings is 1. The van der Waals surface area contributed by atoms with Gasteiger partial charge in [-0.15, -0.1) is 0 Å². The Balaban J connectivity index is 1.70. The van der Waals surface area contributed by atoms with Crippen LogP contribution in [0.1, 0.15) is 74.3 Å². The van der Waals surface area contributed by atoms with E-state index in [9.17, 15) is 14.0 Å². The van der Waals surface area contributed by atoms with Gasteiger partial charge in [0, 0.05) is 24.6 Å². The summed E-state index contributed by atoms with van der Waals surface area (Å²) in [5.41, 5.74) is -0.606. The van der Waals surface area contributed by atoms with Crippen LogP contribution in [0.3, 0.4) is 0 Å². The van der Waals surface area contributed by atoms with Gasteiger partial charge in [0.05, 0.1) is 11.9 Å². The number of carbonyl (C=O) groups is 1. The van der Waals surface area contributed by atoms with E-state index in [1.54, 1.807) is 38.1 Å². The lowest BCUT2D eigenvalue weighted by Crippen LogP contribution is -2.50. The standard InChI is InChI=1S/C34H35ClF3N3O3/c1-6-17-39-31(25-9-7-10-28(30(25)38)40-33(43)34(44-5)15-8-16-34)27(37)19-41-20(2)18-26(29(35)32(41)42)22(4)21(3)23-11-13-24(36)14-12-23/h6-7,9-14,17-19,21-22H,8,15-16H2,1-5H3,(H,40,43)/b17-6+,27-19-,39-31+/t21-,22?/m0/s1. The number of hydrogen-bond acceptors (Lipinski definition) is 4. The second-order valence-electron chi connectivity index (χ2n) is 11.0. The van der Waals surface area contributed by atoms with Crippen molar-refractivity contribution >= 4 is 35.1 Å². The molecule has 1 aliphatic rings. The zero-order chi connectivity index (χ0) is 32.2. The number of anilines is 1. The third kappa shape index (κ3) is 6.59. The predicted molar refractivity (Wildman–Crippen MR) is 169 cm³/mol. The van der Waals surface area contributed by atoms with Crippen LogP contribution in [0, 0.1) is 18.6 Å². The summed E-state index contributed by atoms with van der Waals surface area (Å²) in [4.78, 5) is 30.4. The molecule has 1 saturated carbocycles. The van der Waals surface area contributed by atoms with Crippen molar-refractivity contribution < 1.29 is 22.7 Å². The number of amides is 1. The van der Waals surface area contributed by atoms with Crippen molar-refractivity contribution in [2.24, 2.45) is 4.99 Å². The van der Waals surface area contributed by atoms with Gasteiger partial charge in [0.1, 0.15) is 22.2 Å². The van der Waals surface area contributed by atoms with E-state index in [1.165, 1.54) is 43.6 Å². The number of hydrogen-bond donors (Lipinski definition) is 1. The van der Waals surface area contributed by atoms with E-state index in [2.05, 4.69) is 10.3 Å². The molecule has 3 aromatic rings. The second-order valence-corrected chi connectivity index (χ2v) is 11.3. The fourth-order valence-electron chi connectivity index (χ4n) is 5.22. The molecular weight excluding hydrogens is 591 g/mol. The molecule has 4 rings (SSSR count). The maximum atomic E-state index is 16.0. The van der Waals surface area contributed by atoms with Crippen molar-refractivity contribution in [2.75, 3.05) is 12.4 Å². The van der Waals surface area contributed by atoms with Crippen LogP contribution in [0.5, 0.6) is 0 Å². The van der Waals surface area contributed by atoms with Crippen LogP contribution in [0.25, 0.3) is 6.20 Å². The highest BCUT2D eigenvalue weighted by Crippen LogP contribution is 2.37. The minimum atomic E-state index is -1.02. The van der Waals surface area contributed by atoms with Gasteiger partial charge < -0.3 is 10.1 Å². The molecule has 1 aromatic heterocycles. The number of nitrogens with zero attached hydrogens (tertiary/aromatic N) is 2. The van der Waals surface area contributed by atoms with Crippen LogP contribution in [0.15, 0.2) is 76.4 Å². The molecule has 0 spiro atoms. The van der Waals surface area contributed by atoms with E-state index >= 15 is 8.78 Å². The Morgan fingerprint density at radius 1 is 1.14 bits per heavy atom. The van der Waals surface area contributed by atoms with E-state index in [4.69, 9.17) is 16.3 Å². The van der Waals surface area contributed by atoms with Gasteiger partial charge in [0.15, 0.2) is 11.6 Å². The fourth-order valence-corrected chi connectivity index (χ4v) is 5.53. The summed E-state index contributed by atoms with van der Waals surface area (Å²) in [6.07, 6.45) is 5.61. The van der Waals surface area contributed by atoms with Crippen molar-refractivity contribution in [1.82, 2.24) is 4.57 Å². The summed E-state index contributed by atoms with van der Waals surface area (Å²) in [7, 11) is 1.43. The molecule has 0 radical (unpaired) electrons. The van der Waals surface area contributed by atoms with E-state index in [-0.39, 0.29) is 39.6 Å². The molecule has 0 bridgehead atoms. The van der Waals surface area contributed by atoms with Gasteiger partial charge in [0.25, 0.3) is 11.5 Å². The third-order valence-electron chi connectivity index (χ3n) is 8.33. The largest absolute Gasteiger partial charge is 0.368 e. The molecule has 2 aromatic carbocycles.